The van der Waals surface area contributed by atoms with Gasteiger partial charge in [0.05, 0.1) is 4.92 Å². The van der Waals surface area contributed by atoms with Gasteiger partial charge < -0.3 is 15.0 Å². The lowest BCUT2D eigenvalue weighted by Crippen LogP contribution is -2.26. The van der Waals surface area contributed by atoms with Crippen LogP contribution in [-0.4, -0.2) is 53.1 Å². The Kier molecular flexibility index (Phi) is 4.10. The molecule has 0 saturated heterocycles. The van der Waals surface area contributed by atoms with Crippen LogP contribution < -0.4 is 10.1 Å². The summed E-state index contributed by atoms with van der Waals surface area (Å²) in [4.78, 5) is 20.3. The van der Waals surface area contributed by atoms with Gasteiger partial charge in [0.25, 0.3) is 5.88 Å². The number of nitro groups is 1. The molecule has 1 aromatic rings. The first-order valence-corrected chi connectivity index (χ1v) is 6.13. The summed E-state index contributed by atoms with van der Waals surface area (Å²) < 4.78 is 5.42. The van der Waals surface area contributed by atoms with Crippen LogP contribution in [0.4, 0.5) is 11.5 Å². The van der Waals surface area contributed by atoms with E-state index in [1.54, 1.807) is 7.05 Å². The van der Waals surface area contributed by atoms with Crippen LogP contribution in [0, 0.1) is 10.1 Å². The van der Waals surface area contributed by atoms with E-state index in [-0.39, 0.29) is 17.4 Å². The van der Waals surface area contributed by atoms with Crippen molar-refractivity contribution < 1.29 is 9.66 Å². The Bertz CT molecular complexity index is 464. The number of likely N-dealkylation sites (N-methyl/N-ethyl adjacent to an activating group) is 1. The third-order valence-corrected chi connectivity index (χ3v) is 3.06. The van der Waals surface area contributed by atoms with Gasteiger partial charge in [0.2, 0.25) is 5.82 Å². The van der Waals surface area contributed by atoms with Crippen LogP contribution in [0.25, 0.3) is 0 Å². The fourth-order valence-electron chi connectivity index (χ4n) is 1.80. The van der Waals surface area contributed by atoms with E-state index in [1.807, 2.05) is 7.05 Å². The summed E-state index contributed by atoms with van der Waals surface area (Å²) in [6.45, 7) is 1.09. The third kappa shape index (κ3) is 3.28. The van der Waals surface area contributed by atoms with E-state index in [9.17, 15) is 10.1 Å². The SMILES string of the molecule is CNc1ncnc(OCCN(C)C2CC2)c1[N+](=O)[O-]. The average molecular weight is 267 g/mol. The molecule has 8 nitrogen and oxygen atoms in total. The molecule has 1 heterocycles. The molecular formula is C11H17N5O3. The zero-order valence-electron chi connectivity index (χ0n) is 11.0. The molecule has 0 aromatic carbocycles. The van der Waals surface area contributed by atoms with Crippen molar-refractivity contribution in [3.8, 4) is 5.88 Å². The molecule has 1 aromatic heterocycles. The Labute approximate surface area is 110 Å². The van der Waals surface area contributed by atoms with E-state index in [0.29, 0.717) is 12.6 Å². The summed E-state index contributed by atoms with van der Waals surface area (Å²) in [7, 11) is 3.59. The van der Waals surface area contributed by atoms with E-state index in [4.69, 9.17) is 4.74 Å². The topological polar surface area (TPSA) is 93.4 Å². The first-order chi connectivity index (χ1) is 9.13. The van der Waals surface area contributed by atoms with Crippen molar-refractivity contribution in [3.05, 3.63) is 16.4 Å². The molecule has 8 heteroatoms. The van der Waals surface area contributed by atoms with Crippen LogP contribution in [0.1, 0.15) is 12.8 Å². The van der Waals surface area contributed by atoms with Gasteiger partial charge in [-0.25, -0.2) is 4.98 Å². The van der Waals surface area contributed by atoms with E-state index in [2.05, 4.69) is 20.2 Å². The molecule has 0 bridgehead atoms. The number of hydrogen-bond donors (Lipinski definition) is 1. The minimum atomic E-state index is -0.536. The van der Waals surface area contributed by atoms with E-state index < -0.39 is 4.92 Å². The largest absolute Gasteiger partial charge is 0.471 e. The van der Waals surface area contributed by atoms with Crippen molar-refractivity contribution in [2.24, 2.45) is 0 Å². The van der Waals surface area contributed by atoms with E-state index in [0.717, 1.165) is 6.54 Å². The predicted octanol–water partition coefficient (Wildman–Crippen LogP) is 0.900. The summed E-state index contributed by atoms with van der Waals surface area (Å²) in [5.41, 5.74) is -0.223. The maximum Gasteiger partial charge on any atom is 0.372 e. The van der Waals surface area contributed by atoms with Crippen molar-refractivity contribution in [1.29, 1.82) is 0 Å². The van der Waals surface area contributed by atoms with Crippen LogP contribution in [0.15, 0.2) is 6.33 Å². The number of rotatable bonds is 7. The lowest BCUT2D eigenvalue weighted by molar-refractivity contribution is -0.385. The standard InChI is InChI=1S/C11H17N5O3/c1-12-10-9(16(17)18)11(14-7-13-10)19-6-5-15(2)8-3-4-8/h7-8H,3-6H2,1-2H3,(H,12,13,14). The molecule has 2 rings (SSSR count). The minimum Gasteiger partial charge on any atom is -0.471 e. The summed E-state index contributed by atoms with van der Waals surface area (Å²) in [5.74, 6) is 0.166. The second-order valence-corrected chi connectivity index (χ2v) is 4.44. The monoisotopic (exact) mass is 267 g/mol. The van der Waals surface area contributed by atoms with Gasteiger partial charge in [0.1, 0.15) is 12.9 Å². The lowest BCUT2D eigenvalue weighted by atomic mass is 10.4. The smallest absolute Gasteiger partial charge is 0.372 e. The van der Waals surface area contributed by atoms with E-state index in [1.165, 1.54) is 19.2 Å². The molecular weight excluding hydrogens is 250 g/mol. The summed E-state index contributed by atoms with van der Waals surface area (Å²) in [6, 6.07) is 0.636. The molecule has 1 aliphatic rings. The molecule has 1 fully saturated rings. The van der Waals surface area contributed by atoms with Crippen molar-refractivity contribution in [3.63, 3.8) is 0 Å². The highest BCUT2D eigenvalue weighted by molar-refractivity contribution is 5.60. The zero-order chi connectivity index (χ0) is 13.8. The van der Waals surface area contributed by atoms with Gasteiger partial charge in [0.15, 0.2) is 0 Å². The first-order valence-electron chi connectivity index (χ1n) is 6.13. The number of aromatic nitrogens is 2. The van der Waals surface area contributed by atoms with Gasteiger partial charge >= 0.3 is 5.69 Å². The maximum atomic E-state index is 11.0. The first kappa shape index (κ1) is 13.5. The highest BCUT2D eigenvalue weighted by Gasteiger charge is 2.27. The Morgan fingerprint density at radius 2 is 2.32 bits per heavy atom. The number of anilines is 1. The number of nitrogens with one attached hydrogen (secondary N) is 1. The molecule has 0 spiro atoms. The summed E-state index contributed by atoms with van der Waals surface area (Å²) in [6.07, 6.45) is 3.68. The molecule has 104 valence electrons. The van der Waals surface area contributed by atoms with Crippen LogP contribution in [0.3, 0.4) is 0 Å². The normalized spacial score (nSPS) is 14.5. The minimum absolute atomic E-state index is 0.00791. The molecule has 1 saturated carbocycles. The molecule has 0 unspecified atom stereocenters. The Balaban J connectivity index is 2.00. The van der Waals surface area contributed by atoms with Crippen LogP contribution in [-0.2, 0) is 0 Å². The Morgan fingerprint density at radius 1 is 1.58 bits per heavy atom. The molecule has 0 radical (unpaired) electrons. The highest BCUT2D eigenvalue weighted by atomic mass is 16.6. The molecule has 0 amide bonds. The molecule has 0 atom stereocenters. The number of hydrogen-bond acceptors (Lipinski definition) is 7. The van der Waals surface area contributed by atoms with Crippen LogP contribution in [0.2, 0.25) is 0 Å². The molecule has 19 heavy (non-hydrogen) atoms. The Hall–Kier alpha value is -1.96. The zero-order valence-corrected chi connectivity index (χ0v) is 11.0. The van der Waals surface area contributed by atoms with Gasteiger partial charge in [-0.05, 0) is 19.9 Å². The third-order valence-electron chi connectivity index (χ3n) is 3.06. The second-order valence-electron chi connectivity index (χ2n) is 4.44. The van der Waals surface area contributed by atoms with Gasteiger partial charge in [-0.2, -0.15) is 4.98 Å². The van der Waals surface area contributed by atoms with Crippen molar-refractivity contribution in [2.45, 2.75) is 18.9 Å². The highest BCUT2D eigenvalue weighted by Crippen LogP contribution is 2.30. The van der Waals surface area contributed by atoms with Gasteiger partial charge in [-0.15, -0.1) is 0 Å². The second kappa shape index (κ2) is 5.79. The average Bonchev–Trinajstić information content (AvgIpc) is 3.22. The number of nitrogens with zero attached hydrogens (tertiary/aromatic N) is 4. The fourth-order valence-corrected chi connectivity index (χ4v) is 1.80. The van der Waals surface area contributed by atoms with Crippen molar-refractivity contribution in [1.82, 2.24) is 14.9 Å². The van der Waals surface area contributed by atoms with E-state index >= 15 is 0 Å². The van der Waals surface area contributed by atoms with Gasteiger partial charge in [-0.1, -0.05) is 0 Å². The lowest BCUT2D eigenvalue weighted by Gasteiger charge is -2.15. The molecule has 1 aliphatic carbocycles. The van der Waals surface area contributed by atoms with Gasteiger partial charge in [-0.3, -0.25) is 10.1 Å². The van der Waals surface area contributed by atoms with Crippen molar-refractivity contribution >= 4 is 11.5 Å². The van der Waals surface area contributed by atoms with Crippen LogP contribution in [0.5, 0.6) is 5.88 Å². The van der Waals surface area contributed by atoms with Gasteiger partial charge in [0, 0.05) is 19.6 Å². The Morgan fingerprint density at radius 3 is 2.89 bits per heavy atom. The summed E-state index contributed by atoms with van der Waals surface area (Å²) in [5, 5.41) is 13.7. The molecule has 0 aliphatic heterocycles. The fraction of sp³-hybridized carbons (Fsp3) is 0.636. The van der Waals surface area contributed by atoms with Crippen LogP contribution >= 0.6 is 0 Å². The quantitative estimate of drug-likeness (QED) is 0.579. The predicted molar refractivity (Wildman–Crippen MR) is 69.4 cm³/mol. The van der Waals surface area contributed by atoms with Crippen molar-refractivity contribution in [2.75, 3.05) is 32.6 Å². The maximum absolute atomic E-state index is 11.0. The number of ether oxygens (including phenoxy) is 1. The summed E-state index contributed by atoms with van der Waals surface area (Å²) >= 11 is 0. The molecule has 1 N–H and O–H groups in total.